The summed E-state index contributed by atoms with van der Waals surface area (Å²) in [5.41, 5.74) is 2.08. The summed E-state index contributed by atoms with van der Waals surface area (Å²) in [6.45, 7) is 3.54. The van der Waals surface area contributed by atoms with Gasteiger partial charge in [0.1, 0.15) is 6.61 Å². The zero-order valence-electron chi connectivity index (χ0n) is 9.70. The summed E-state index contributed by atoms with van der Waals surface area (Å²) in [4.78, 5) is 0. The molecule has 1 N–H and O–H groups in total. The van der Waals surface area contributed by atoms with Crippen LogP contribution < -0.4 is 0 Å². The van der Waals surface area contributed by atoms with Crippen LogP contribution >= 0.6 is 0 Å². The van der Waals surface area contributed by atoms with Crippen molar-refractivity contribution >= 4 is 0 Å². The van der Waals surface area contributed by atoms with E-state index in [0.29, 0.717) is 6.61 Å². The minimum absolute atomic E-state index is 0.0954. The van der Waals surface area contributed by atoms with Gasteiger partial charge >= 0.3 is 0 Å². The number of hydrogen-bond donors (Lipinski definition) is 1. The second-order valence-electron chi connectivity index (χ2n) is 3.56. The second-order valence-corrected chi connectivity index (χ2v) is 3.56. The molecule has 1 aromatic carbocycles. The summed E-state index contributed by atoms with van der Waals surface area (Å²) in [7, 11) is 0. The molecule has 2 heteroatoms. The normalized spacial score (nSPS) is 9.62. The van der Waals surface area contributed by atoms with Crippen LogP contribution in [0.4, 0.5) is 0 Å². The first-order chi connectivity index (χ1) is 7.86. The van der Waals surface area contributed by atoms with Crippen LogP contribution in [0.1, 0.15) is 30.9 Å². The quantitative estimate of drug-likeness (QED) is 0.607. The van der Waals surface area contributed by atoms with Gasteiger partial charge in [-0.05, 0) is 24.1 Å². The molecule has 0 fully saturated rings. The Morgan fingerprint density at radius 1 is 1.25 bits per heavy atom. The Bertz CT molecular complexity index is 343. The molecular weight excluding hydrogens is 200 g/mol. The van der Waals surface area contributed by atoms with Gasteiger partial charge in [-0.3, -0.25) is 0 Å². The lowest BCUT2D eigenvalue weighted by atomic mass is 10.1. The Morgan fingerprint density at radius 2 is 2.00 bits per heavy atom. The largest absolute Gasteiger partial charge is 0.384 e. The van der Waals surface area contributed by atoms with Gasteiger partial charge in [0, 0.05) is 12.2 Å². The Morgan fingerprint density at radius 3 is 2.62 bits per heavy atom. The summed E-state index contributed by atoms with van der Waals surface area (Å²) in [6, 6.07) is 7.91. The highest BCUT2D eigenvalue weighted by Crippen LogP contribution is 2.05. The van der Waals surface area contributed by atoms with Crippen molar-refractivity contribution in [2.75, 3.05) is 13.2 Å². The topological polar surface area (TPSA) is 29.5 Å². The van der Waals surface area contributed by atoms with E-state index in [1.54, 1.807) is 0 Å². The molecule has 1 rings (SSSR count). The molecule has 0 spiro atoms. The van der Waals surface area contributed by atoms with Gasteiger partial charge in [0.25, 0.3) is 0 Å². The summed E-state index contributed by atoms with van der Waals surface area (Å²) >= 11 is 0. The van der Waals surface area contributed by atoms with Crippen molar-refractivity contribution in [1.29, 1.82) is 0 Å². The lowest BCUT2D eigenvalue weighted by Crippen LogP contribution is -1.94. The van der Waals surface area contributed by atoms with E-state index in [2.05, 4.69) is 18.8 Å². The summed E-state index contributed by atoms with van der Waals surface area (Å²) < 4.78 is 5.51. The van der Waals surface area contributed by atoms with Crippen molar-refractivity contribution < 1.29 is 9.84 Å². The maximum Gasteiger partial charge on any atom is 0.104 e. The standard InChI is InChI=1S/C14H18O2/c1-2-3-11-16-12-14-8-6-13(7-9-14)5-4-10-15/h6-9,15H,2-3,10-12H2,1H3. The molecule has 0 amide bonds. The van der Waals surface area contributed by atoms with Crippen molar-refractivity contribution in [3.05, 3.63) is 35.4 Å². The predicted octanol–water partition coefficient (Wildman–Crippen LogP) is 2.35. The minimum atomic E-state index is -0.0954. The van der Waals surface area contributed by atoms with Crippen molar-refractivity contribution in [3.63, 3.8) is 0 Å². The van der Waals surface area contributed by atoms with Crippen LogP contribution in [0.5, 0.6) is 0 Å². The molecular formula is C14H18O2. The van der Waals surface area contributed by atoms with Crippen molar-refractivity contribution in [1.82, 2.24) is 0 Å². The molecule has 0 aliphatic rings. The van der Waals surface area contributed by atoms with Crippen LogP contribution in [0.15, 0.2) is 24.3 Å². The first-order valence-electron chi connectivity index (χ1n) is 5.63. The maximum atomic E-state index is 8.56. The molecule has 2 nitrogen and oxygen atoms in total. The molecule has 0 atom stereocenters. The SMILES string of the molecule is CCCCOCc1ccc(C#CCO)cc1. The number of rotatable bonds is 5. The molecule has 0 saturated heterocycles. The van der Waals surface area contributed by atoms with Gasteiger partial charge in [-0.25, -0.2) is 0 Å². The van der Waals surface area contributed by atoms with Gasteiger partial charge in [0.05, 0.1) is 6.61 Å². The third-order valence-electron chi connectivity index (χ3n) is 2.18. The van der Waals surface area contributed by atoms with E-state index < -0.39 is 0 Å². The molecule has 0 aliphatic heterocycles. The van der Waals surface area contributed by atoms with E-state index in [9.17, 15) is 0 Å². The van der Waals surface area contributed by atoms with Gasteiger partial charge in [-0.2, -0.15) is 0 Å². The lowest BCUT2D eigenvalue weighted by molar-refractivity contribution is 0.118. The Balaban J connectivity index is 2.39. The van der Waals surface area contributed by atoms with E-state index in [1.165, 1.54) is 0 Å². The van der Waals surface area contributed by atoms with Crippen LogP contribution in [0.2, 0.25) is 0 Å². The van der Waals surface area contributed by atoms with Gasteiger partial charge in [-0.1, -0.05) is 37.3 Å². The highest BCUT2D eigenvalue weighted by molar-refractivity contribution is 5.35. The fraction of sp³-hybridized carbons (Fsp3) is 0.429. The van der Waals surface area contributed by atoms with Crippen LogP contribution in [0.3, 0.4) is 0 Å². The van der Waals surface area contributed by atoms with Crippen molar-refractivity contribution in [3.8, 4) is 11.8 Å². The summed E-state index contributed by atoms with van der Waals surface area (Å²) in [5, 5.41) is 8.56. The summed E-state index contributed by atoms with van der Waals surface area (Å²) in [5.74, 6) is 5.48. The average molecular weight is 218 g/mol. The zero-order chi connectivity index (χ0) is 11.6. The van der Waals surface area contributed by atoms with Crippen LogP contribution in [-0.2, 0) is 11.3 Å². The van der Waals surface area contributed by atoms with E-state index >= 15 is 0 Å². The Labute approximate surface area is 97.3 Å². The fourth-order valence-corrected chi connectivity index (χ4v) is 1.26. The number of unbranched alkanes of at least 4 members (excludes halogenated alkanes) is 1. The second kappa shape index (κ2) is 7.92. The monoisotopic (exact) mass is 218 g/mol. The first kappa shape index (κ1) is 12.8. The Hall–Kier alpha value is -1.30. The predicted molar refractivity (Wildman–Crippen MR) is 65.0 cm³/mol. The summed E-state index contributed by atoms with van der Waals surface area (Å²) in [6.07, 6.45) is 2.27. The minimum Gasteiger partial charge on any atom is -0.384 e. The molecule has 0 aromatic heterocycles. The van der Waals surface area contributed by atoms with Gasteiger partial charge < -0.3 is 9.84 Å². The average Bonchev–Trinajstić information content (AvgIpc) is 2.33. The third kappa shape index (κ3) is 4.97. The van der Waals surface area contributed by atoms with Crippen LogP contribution in [0.25, 0.3) is 0 Å². The molecule has 0 bridgehead atoms. The van der Waals surface area contributed by atoms with Crippen molar-refractivity contribution in [2.45, 2.75) is 26.4 Å². The Kier molecular flexibility index (Phi) is 6.32. The number of benzene rings is 1. The number of aliphatic hydroxyl groups is 1. The van der Waals surface area contributed by atoms with E-state index in [-0.39, 0.29) is 6.61 Å². The maximum absolute atomic E-state index is 8.56. The highest BCUT2D eigenvalue weighted by Gasteiger charge is 1.93. The van der Waals surface area contributed by atoms with Gasteiger partial charge in [-0.15, -0.1) is 0 Å². The molecule has 0 saturated carbocycles. The molecule has 0 radical (unpaired) electrons. The molecule has 86 valence electrons. The first-order valence-corrected chi connectivity index (χ1v) is 5.63. The van der Waals surface area contributed by atoms with Gasteiger partial charge in [0.15, 0.2) is 0 Å². The molecule has 0 heterocycles. The number of hydrogen-bond acceptors (Lipinski definition) is 2. The third-order valence-corrected chi connectivity index (χ3v) is 2.18. The van der Waals surface area contributed by atoms with Crippen molar-refractivity contribution in [2.24, 2.45) is 0 Å². The molecule has 0 unspecified atom stereocenters. The smallest absolute Gasteiger partial charge is 0.104 e. The van der Waals surface area contributed by atoms with Gasteiger partial charge in [0.2, 0.25) is 0 Å². The van der Waals surface area contributed by atoms with E-state index in [0.717, 1.165) is 30.6 Å². The highest BCUT2D eigenvalue weighted by atomic mass is 16.5. The zero-order valence-corrected chi connectivity index (χ0v) is 9.70. The fourth-order valence-electron chi connectivity index (χ4n) is 1.26. The van der Waals surface area contributed by atoms with E-state index in [4.69, 9.17) is 9.84 Å². The van der Waals surface area contributed by atoms with Crippen LogP contribution in [-0.4, -0.2) is 18.3 Å². The number of aliphatic hydroxyl groups excluding tert-OH is 1. The molecule has 16 heavy (non-hydrogen) atoms. The lowest BCUT2D eigenvalue weighted by Gasteiger charge is -2.03. The molecule has 1 aromatic rings. The number of ether oxygens (including phenoxy) is 1. The van der Waals surface area contributed by atoms with Crippen LogP contribution in [0, 0.1) is 11.8 Å². The van der Waals surface area contributed by atoms with E-state index in [1.807, 2.05) is 24.3 Å². The molecule has 0 aliphatic carbocycles.